The average molecular weight is 1780 g/mol. The Morgan fingerprint density at radius 2 is 0.277 bits per heavy atom. The maximum Gasteiger partial charge on any atom is 0.382 e. The van der Waals surface area contributed by atoms with Crippen LogP contribution in [-0.2, 0) is 65.8 Å². The molecule has 4 aliphatic rings. The molecule has 7 aromatic carbocycles. The van der Waals surface area contributed by atoms with Crippen molar-refractivity contribution in [2.24, 2.45) is 0 Å². The lowest BCUT2D eigenvalue weighted by atomic mass is 10.4. The minimum Gasteiger partial charge on any atom is -0.410 e. The van der Waals surface area contributed by atoms with E-state index in [-0.39, 0.29) is 0 Å². The molecule has 0 amide bonds. The second-order valence-corrected chi connectivity index (χ2v) is 80.2. The van der Waals surface area contributed by atoms with E-state index in [9.17, 15) is 0 Å². The topological polar surface area (TPSA) is 148 Å². The molecule has 0 saturated carbocycles. The van der Waals surface area contributed by atoms with Crippen molar-refractivity contribution in [1.82, 2.24) is 0 Å². The van der Waals surface area contributed by atoms with E-state index in [0.717, 1.165) is 36.3 Å². The first-order chi connectivity index (χ1) is 52.8. The molecule has 112 heavy (non-hydrogen) atoms. The third-order valence-electron chi connectivity index (χ3n) is 19.0. The Morgan fingerprint density at radius 3 is 0.411 bits per heavy atom. The molecule has 4 heterocycles. The molecule has 0 aromatic heterocycles. The van der Waals surface area contributed by atoms with E-state index in [1.807, 2.05) is 288 Å². The molecular weight excluding hydrogens is 1670 g/mol. The summed E-state index contributed by atoms with van der Waals surface area (Å²) in [6, 6.07) is 70.2. The Labute approximate surface area is 684 Å². The summed E-state index contributed by atoms with van der Waals surface area (Å²) < 4.78 is 108. The third-order valence-corrected chi connectivity index (χ3v) is 84.8. The molecule has 0 radical (unpaired) electrons. The van der Waals surface area contributed by atoms with Gasteiger partial charge in [-0.2, -0.15) is 0 Å². The van der Waals surface area contributed by atoms with Gasteiger partial charge in [0.15, 0.2) is 0 Å². The summed E-state index contributed by atoms with van der Waals surface area (Å²) >= 11 is 0. The molecule has 6 atom stereocenters. The van der Waals surface area contributed by atoms with Crippen molar-refractivity contribution in [3.8, 4) is 0 Å². The van der Waals surface area contributed by atoms with Gasteiger partial charge in [-0.15, -0.1) is 85.5 Å². The number of hydrogen-bond donors (Lipinski definition) is 0. The van der Waals surface area contributed by atoms with Crippen LogP contribution < -0.4 is 36.3 Å². The molecule has 4 aliphatic heterocycles. The van der Waals surface area contributed by atoms with Gasteiger partial charge in [-0.25, -0.2) is 0 Å². The first-order valence-corrected chi connectivity index (χ1v) is 72.8. The molecule has 7 aromatic rings. The van der Waals surface area contributed by atoms with Gasteiger partial charge in [-0.05, 0) is 138 Å². The van der Waals surface area contributed by atoms with E-state index in [0.29, 0.717) is 0 Å². The Morgan fingerprint density at radius 1 is 0.152 bits per heavy atom. The standard InChI is InChI=1S/C32H32O4Si4.C20H28O4Si4.C16H26O4Si4.C12H24O4Si4/c1-5-37(29-21-13-9-14-22-29)33-38(6-2,30-23-15-10-16-24-30)35-40(8-4,32-27-19-12-20-28-32)36-39(7-3,34-37)31-25-17-11-18-26-31;1-7-25(3)21-26(4,8-2)23-28(6,20-17-13-10-14-18-20)24-27(5,22-25)19-15-11-9-12-16-19;1-8-21(4)17-22(5,9-2)19-24(7,16-14-12-11-13-15-16)20-23(6,10-3)18-21;1-9-17(5)13-18(6,10-2)15-20(8,12-4)16-19(7,11-3)14-17/h5-28H,1-4H2;7-18H,1-2H2,3-6H3;8-15H,1-3H2,4-7H3;9-12H,1-4H2,5-8H3. The molecule has 0 spiro atoms. The fourth-order valence-electron chi connectivity index (χ4n) is 13.3. The SMILES string of the molecule is C=C[Si]1(C)O[Si](C)(C=C)O[Si](C)(C=C)O[Si](C)(C=C)O1.C=C[Si]1(C)O[Si](C)(C=C)O[Si](C)(c2ccccc2)O[Si](C)(C=C)O1.C=C[Si]1(C)O[Si](C)(C=C)O[Si](C)(c2ccccc2)O[Si](C)(c2ccccc2)O1.C=C[Si]1(c2ccccc2)O[Si](C=C)(c2ccccc2)O[Si](C=C)(c2ccccc2)O[Si](C=C)(c2ccccc2)O1. The van der Waals surface area contributed by atoms with Gasteiger partial charge in [0.25, 0.3) is 0 Å². The second kappa shape index (κ2) is 37.1. The molecule has 0 N–H and O–H groups in total. The largest absolute Gasteiger partial charge is 0.410 e. The lowest BCUT2D eigenvalue weighted by Crippen LogP contribution is -2.78. The van der Waals surface area contributed by atoms with Crippen molar-refractivity contribution in [2.75, 3.05) is 0 Å². The highest BCUT2D eigenvalue weighted by atomic mass is 28.6. The molecule has 32 heteroatoms. The van der Waals surface area contributed by atoms with Crippen LogP contribution in [0.25, 0.3) is 0 Å². The summed E-state index contributed by atoms with van der Waals surface area (Å²) in [5, 5.41) is 6.75. The summed E-state index contributed by atoms with van der Waals surface area (Å²) in [5.41, 5.74) is 23.3. The Bertz CT molecular complexity index is 4060. The Hall–Kier alpha value is -6.01. The van der Waals surface area contributed by atoms with Gasteiger partial charge < -0.3 is 65.8 Å². The zero-order chi connectivity index (χ0) is 82.3. The Kier molecular flexibility index (Phi) is 30.3. The van der Waals surface area contributed by atoms with Crippen molar-refractivity contribution >= 4 is 173 Å². The molecule has 0 bridgehead atoms. The van der Waals surface area contributed by atoms with Crippen LogP contribution in [0.2, 0.25) is 78.6 Å². The normalized spacial score (nSPS) is 36.0. The summed E-state index contributed by atoms with van der Waals surface area (Å²) in [6.07, 6.45) is 0. The molecule has 11 rings (SSSR count). The fourth-order valence-corrected chi connectivity index (χ4v) is 88.2. The Balaban J connectivity index is 0.000000194. The van der Waals surface area contributed by atoms with Gasteiger partial charge in [-0.1, -0.05) is 264 Å². The number of rotatable bonds is 20. The van der Waals surface area contributed by atoms with Gasteiger partial charge >= 0.3 is 137 Å². The van der Waals surface area contributed by atoms with E-state index in [4.69, 9.17) is 65.8 Å². The van der Waals surface area contributed by atoms with Gasteiger partial charge in [-0.3, -0.25) is 0 Å². The summed E-state index contributed by atoms with van der Waals surface area (Å²) in [4.78, 5) is 0. The smallest absolute Gasteiger partial charge is 0.382 e. The molecule has 4 saturated heterocycles. The van der Waals surface area contributed by atoms with Gasteiger partial charge in [0.05, 0.1) is 0 Å². The van der Waals surface area contributed by atoms with Crippen molar-refractivity contribution in [1.29, 1.82) is 0 Å². The lowest BCUT2D eigenvalue weighted by Gasteiger charge is -2.50. The number of hydrogen-bond acceptors (Lipinski definition) is 16. The van der Waals surface area contributed by atoms with E-state index < -0.39 is 137 Å². The van der Waals surface area contributed by atoms with Crippen LogP contribution in [0, 0.1) is 0 Å². The average Bonchev–Trinajstić information content (AvgIpc) is 0.720. The zero-order valence-corrected chi connectivity index (χ0v) is 82.9. The van der Waals surface area contributed by atoms with E-state index in [2.05, 4.69) is 123 Å². The summed E-state index contributed by atoms with van der Waals surface area (Å²) in [5.74, 6) is 0. The van der Waals surface area contributed by atoms with Crippen LogP contribution >= 0.6 is 0 Å². The predicted octanol–water partition coefficient (Wildman–Crippen LogP) is 14.7. The highest BCUT2D eigenvalue weighted by Gasteiger charge is 2.64. The van der Waals surface area contributed by atoms with Crippen molar-refractivity contribution in [3.05, 3.63) is 372 Å². The van der Waals surface area contributed by atoms with Crippen LogP contribution in [0.3, 0.4) is 0 Å². The minimum atomic E-state index is -3.49. The number of benzene rings is 7. The first-order valence-electron chi connectivity index (χ1n) is 36.7. The minimum absolute atomic E-state index is 0.897. The quantitative estimate of drug-likeness (QED) is 0.0666. The van der Waals surface area contributed by atoms with Crippen molar-refractivity contribution in [3.63, 3.8) is 0 Å². The van der Waals surface area contributed by atoms with Crippen molar-refractivity contribution in [2.45, 2.75) is 78.6 Å². The molecule has 6 unspecified atom stereocenters. The van der Waals surface area contributed by atoms with E-state index in [1.54, 1.807) is 39.9 Å². The van der Waals surface area contributed by atoms with Gasteiger partial charge in [0.2, 0.25) is 0 Å². The van der Waals surface area contributed by atoms with Gasteiger partial charge in [0, 0.05) is 0 Å². The summed E-state index contributed by atoms with van der Waals surface area (Å²) in [7, 11) is -46.3. The fraction of sp³-hybridized carbons (Fsp3) is 0.150. The lowest BCUT2D eigenvalue weighted by molar-refractivity contribution is 0.248. The van der Waals surface area contributed by atoms with Crippen LogP contribution in [-0.4, -0.2) is 137 Å². The predicted molar refractivity (Wildman–Crippen MR) is 495 cm³/mol. The highest BCUT2D eigenvalue weighted by molar-refractivity contribution is 7.11. The summed E-state index contributed by atoms with van der Waals surface area (Å²) in [6.45, 7) is 76.2. The molecule has 16 nitrogen and oxygen atoms in total. The van der Waals surface area contributed by atoms with E-state index in [1.165, 1.54) is 0 Å². The molecular formula is C80H110O16Si16. The van der Waals surface area contributed by atoms with Crippen LogP contribution in [0.4, 0.5) is 0 Å². The molecule has 4 fully saturated rings. The second-order valence-electron chi connectivity index (χ2n) is 28.5. The molecule has 590 valence electrons. The maximum absolute atomic E-state index is 7.39. The zero-order valence-electron chi connectivity index (χ0n) is 66.9. The van der Waals surface area contributed by atoms with Crippen molar-refractivity contribution < 1.29 is 65.8 Å². The maximum atomic E-state index is 7.39. The monoisotopic (exact) mass is 1770 g/mol. The highest BCUT2D eigenvalue weighted by Crippen LogP contribution is 2.38. The van der Waals surface area contributed by atoms with Crippen LogP contribution in [0.1, 0.15) is 0 Å². The molecule has 0 aliphatic carbocycles. The van der Waals surface area contributed by atoms with E-state index >= 15 is 0 Å². The van der Waals surface area contributed by atoms with Crippen LogP contribution in [0.15, 0.2) is 372 Å². The van der Waals surface area contributed by atoms with Gasteiger partial charge in [0.1, 0.15) is 0 Å². The van der Waals surface area contributed by atoms with Crippen LogP contribution in [0.5, 0.6) is 0 Å². The first kappa shape index (κ1) is 91.5. The third kappa shape index (κ3) is 21.4.